The van der Waals surface area contributed by atoms with E-state index in [0.29, 0.717) is 5.56 Å². The highest BCUT2D eigenvalue weighted by Gasteiger charge is 2.26. The van der Waals surface area contributed by atoms with Crippen LogP contribution < -0.4 is 5.73 Å². The first kappa shape index (κ1) is 15.5. The van der Waals surface area contributed by atoms with Gasteiger partial charge < -0.3 is 10.9 Å². The summed E-state index contributed by atoms with van der Waals surface area (Å²) < 4.78 is 25.9. The molecule has 106 valence electrons. The Morgan fingerprint density at radius 2 is 1.95 bits per heavy atom. The first-order chi connectivity index (χ1) is 8.86. The first-order valence-electron chi connectivity index (χ1n) is 5.86. The van der Waals surface area contributed by atoms with Gasteiger partial charge in [0.2, 0.25) is 10.0 Å². The van der Waals surface area contributed by atoms with Crippen molar-refractivity contribution in [2.24, 2.45) is 10.9 Å². The van der Waals surface area contributed by atoms with Gasteiger partial charge in [0, 0.05) is 6.04 Å². The largest absolute Gasteiger partial charge is 0.409 e. The molecule has 0 aliphatic heterocycles. The van der Waals surface area contributed by atoms with E-state index in [-0.39, 0.29) is 24.2 Å². The predicted octanol–water partition coefficient (Wildman–Crippen LogP) is 0.973. The highest BCUT2D eigenvalue weighted by Crippen LogP contribution is 2.13. The smallest absolute Gasteiger partial charge is 0.218 e. The van der Waals surface area contributed by atoms with Gasteiger partial charge in [-0.25, -0.2) is 8.42 Å². The quantitative estimate of drug-likeness (QED) is 0.352. The van der Waals surface area contributed by atoms with Gasteiger partial charge >= 0.3 is 0 Å². The fraction of sp³-hybridized carbons (Fsp3) is 0.417. The van der Waals surface area contributed by atoms with Crippen molar-refractivity contribution in [2.45, 2.75) is 25.6 Å². The van der Waals surface area contributed by atoms with Crippen LogP contribution in [0.3, 0.4) is 0 Å². The molecule has 6 nitrogen and oxygen atoms in total. The molecule has 0 radical (unpaired) electrons. The number of sulfonamides is 1. The number of oxime groups is 1. The number of nitrogens with zero attached hydrogens (tertiary/aromatic N) is 2. The number of amidine groups is 1. The second-order valence-electron chi connectivity index (χ2n) is 4.47. The molecule has 7 heteroatoms. The third-order valence-electron chi connectivity index (χ3n) is 2.57. The molecule has 0 saturated carbocycles. The van der Waals surface area contributed by atoms with Crippen molar-refractivity contribution in [2.75, 3.05) is 6.54 Å². The van der Waals surface area contributed by atoms with Crippen LogP contribution in [0.1, 0.15) is 19.4 Å². The van der Waals surface area contributed by atoms with Gasteiger partial charge in [0.15, 0.2) is 5.84 Å². The zero-order chi connectivity index (χ0) is 14.5. The number of benzene rings is 1. The Labute approximate surface area is 113 Å². The Kier molecular flexibility index (Phi) is 5.31. The predicted molar refractivity (Wildman–Crippen MR) is 74.3 cm³/mol. The monoisotopic (exact) mass is 285 g/mol. The molecule has 0 unspecified atom stereocenters. The summed E-state index contributed by atoms with van der Waals surface area (Å²) in [4.78, 5) is 0. The van der Waals surface area contributed by atoms with E-state index in [1.54, 1.807) is 38.1 Å². The van der Waals surface area contributed by atoms with Gasteiger partial charge in [0.1, 0.15) is 0 Å². The number of hydrogen-bond donors (Lipinski definition) is 2. The zero-order valence-corrected chi connectivity index (χ0v) is 11.8. The highest BCUT2D eigenvalue weighted by molar-refractivity contribution is 7.88. The molecule has 1 aromatic rings. The fourth-order valence-electron chi connectivity index (χ4n) is 1.66. The third kappa shape index (κ3) is 4.53. The molecule has 0 aromatic heterocycles. The summed E-state index contributed by atoms with van der Waals surface area (Å²) >= 11 is 0. The molecular weight excluding hydrogens is 266 g/mol. The lowest BCUT2D eigenvalue weighted by Gasteiger charge is -2.25. The molecule has 19 heavy (non-hydrogen) atoms. The van der Waals surface area contributed by atoms with Gasteiger partial charge in [-0.1, -0.05) is 35.5 Å². The molecule has 0 saturated heterocycles. The zero-order valence-electron chi connectivity index (χ0n) is 11.0. The number of nitrogens with two attached hydrogens (primary N) is 1. The van der Waals surface area contributed by atoms with Crippen LogP contribution >= 0.6 is 0 Å². The highest BCUT2D eigenvalue weighted by atomic mass is 32.2. The van der Waals surface area contributed by atoms with Gasteiger partial charge in [-0.15, -0.1) is 0 Å². The van der Waals surface area contributed by atoms with E-state index >= 15 is 0 Å². The van der Waals surface area contributed by atoms with Crippen LogP contribution in [0.15, 0.2) is 35.5 Å². The maximum atomic E-state index is 12.3. The van der Waals surface area contributed by atoms with Crippen molar-refractivity contribution in [3.05, 3.63) is 35.9 Å². The summed E-state index contributed by atoms with van der Waals surface area (Å²) in [6.45, 7) is 3.36. The Morgan fingerprint density at radius 1 is 1.37 bits per heavy atom. The average Bonchev–Trinajstić information content (AvgIpc) is 2.35. The molecule has 0 bridgehead atoms. The molecular formula is C12H19N3O3S. The van der Waals surface area contributed by atoms with Crippen LogP contribution in [0.25, 0.3) is 0 Å². The lowest BCUT2D eigenvalue weighted by molar-refractivity contribution is 0.312. The maximum Gasteiger partial charge on any atom is 0.218 e. The standard InChI is InChI=1S/C12H19N3O3S/c1-10(2)15(8-12(13)14-16)19(17,18)9-11-6-4-3-5-7-11/h3-7,10,16H,8-9H2,1-2H3,(H2,13,14). The van der Waals surface area contributed by atoms with Crippen molar-refractivity contribution >= 4 is 15.9 Å². The van der Waals surface area contributed by atoms with Crippen LogP contribution in [-0.4, -0.2) is 36.4 Å². The summed E-state index contributed by atoms with van der Waals surface area (Å²) in [7, 11) is -3.52. The summed E-state index contributed by atoms with van der Waals surface area (Å²) in [5, 5.41) is 11.4. The minimum Gasteiger partial charge on any atom is -0.409 e. The van der Waals surface area contributed by atoms with Gasteiger partial charge in [-0.05, 0) is 19.4 Å². The topological polar surface area (TPSA) is 96.0 Å². The summed E-state index contributed by atoms with van der Waals surface area (Å²) in [5.74, 6) is -0.240. The SMILES string of the molecule is CC(C)N(CC(N)=NO)S(=O)(=O)Cc1ccccc1. The van der Waals surface area contributed by atoms with Crippen LogP contribution in [0.5, 0.6) is 0 Å². The number of hydrogen-bond acceptors (Lipinski definition) is 4. The second-order valence-corrected chi connectivity index (χ2v) is 6.39. The van der Waals surface area contributed by atoms with E-state index in [9.17, 15) is 8.42 Å². The minimum atomic E-state index is -3.52. The summed E-state index contributed by atoms with van der Waals surface area (Å²) in [5.41, 5.74) is 6.10. The lowest BCUT2D eigenvalue weighted by atomic mass is 10.2. The number of rotatable bonds is 6. The van der Waals surface area contributed by atoms with E-state index in [1.165, 1.54) is 4.31 Å². The van der Waals surface area contributed by atoms with Crippen molar-refractivity contribution in [1.29, 1.82) is 0 Å². The first-order valence-corrected chi connectivity index (χ1v) is 7.47. The Morgan fingerprint density at radius 3 is 2.42 bits per heavy atom. The maximum absolute atomic E-state index is 12.3. The summed E-state index contributed by atoms with van der Waals surface area (Å²) in [6.07, 6.45) is 0. The van der Waals surface area contributed by atoms with Crippen LogP contribution in [0, 0.1) is 0 Å². The van der Waals surface area contributed by atoms with Gasteiger partial charge in [-0.2, -0.15) is 4.31 Å². The fourth-order valence-corrected chi connectivity index (χ4v) is 3.41. The van der Waals surface area contributed by atoms with Crippen LogP contribution in [-0.2, 0) is 15.8 Å². The Bertz CT molecular complexity index is 526. The molecule has 1 aromatic carbocycles. The van der Waals surface area contributed by atoms with E-state index in [4.69, 9.17) is 10.9 Å². The van der Waals surface area contributed by atoms with E-state index < -0.39 is 10.0 Å². The van der Waals surface area contributed by atoms with E-state index in [2.05, 4.69) is 5.16 Å². The third-order valence-corrected chi connectivity index (χ3v) is 4.53. The molecule has 3 N–H and O–H groups in total. The average molecular weight is 285 g/mol. The molecule has 0 fully saturated rings. The van der Waals surface area contributed by atoms with Gasteiger partial charge in [-0.3, -0.25) is 0 Å². The van der Waals surface area contributed by atoms with Crippen LogP contribution in [0.4, 0.5) is 0 Å². The molecule has 0 heterocycles. The molecule has 0 aliphatic carbocycles. The molecule has 0 spiro atoms. The van der Waals surface area contributed by atoms with Crippen molar-refractivity contribution in [3.63, 3.8) is 0 Å². The lowest BCUT2D eigenvalue weighted by Crippen LogP contribution is -2.43. The van der Waals surface area contributed by atoms with Gasteiger partial charge in [0.05, 0.1) is 12.3 Å². The molecule has 0 aliphatic rings. The van der Waals surface area contributed by atoms with Gasteiger partial charge in [0.25, 0.3) is 0 Å². The molecule has 1 rings (SSSR count). The summed E-state index contributed by atoms with van der Waals surface area (Å²) in [6, 6.07) is 8.63. The Hall–Kier alpha value is -1.60. The molecule has 0 atom stereocenters. The van der Waals surface area contributed by atoms with E-state index in [1.807, 2.05) is 6.07 Å². The second kappa shape index (κ2) is 6.53. The van der Waals surface area contributed by atoms with Crippen molar-refractivity contribution in [1.82, 2.24) is 4.31 Å². The van der Waals surface area contributed by atoms with Crippen molar-refractivity contribution in [3.8, 4) is 0 Å². The van der Waals surface area contributed by atoms with Crippen LogP contribution in [0.2, 0.25) is 0 Å². The normalized spacial score (nSPS) is 13.2. The van der Waals surface area contributed by atoms with E-state index in [0.717, 1.165) is 0 Å². The minimum absolute atomic E-state index is 0.106. The van der Waals surface area contributed by atoms with Crippen molar-refractivity contribution < 1.29 is 13.6 Å². The Balaban J connectivity index is 2.94. The molecule has 0 amide bonds.